The van der Waals surface area contributed by atoms with E-state index >= 15 is 0 Å². The molecule has 3 saturated heterocycles. The van der Waals surface area contributed by atoms with E-state index in [1.54, 1.807) is 6.33 Å². The van der Waals surface area contributed by atoms with Crippen LogP contribution in [0.1, 0.15) is 82.2 Å². The summed E-state index contributed by atoms with van der Waals surface area (Å²) in [6.07, 6.45) is 14.8. The molecule has 1 saturated carbocycles. The number of anilines is 1. The predicted octanol–water partition coefficient (Wildman–Crippen LogP) is 4.98. The van der Waals surface area contributed by atoms with Crippen molar-refractivity contribution in [1.82, 2.24) is 35.0 Å². The normalized spacial score (nSPS) is 21.9. The second-order valence-electron chi connectivity index (χ2n) is 15.6. The fourth-order valence-corrected chi connectivity index (χ4v) is 8.91. The van der Waals surface area contributed by atoms with E-state index in [1.807, 2.05) is 36.5 Å². The van der Waals surface area contributed by atoms with Gasteiger partial charge < -0.3 is 35.6 Å². The molecule has 2 amide bonds. The molecule has 0 radical (unpaired) electrons. The quantitative estimate of drug-likeness (QED) is 0.254. The first-order valence-corrected chi connectivity index (χ1v) is 19.8. The first-order valence-electron chi connectivity index (χ1n) is 19.4. The number of amides is 2. The van der Waals surface area contributed by atoms with Crippen molar-refractivity contribution < 1.29 is 9.59 Å². The Labute approximate surface area is 307 Å². The molecule has 2 aromatic heterocycles. The van der Waals surface area contributed by atoms with Crippen LogP contribution in [0.2, 0.25) is 5.02 Å². The van der Waals surface area contributed by atoms with E-state index in [9.17, 15) is 9.59 Å². The van der Waals surface area contributed by atoms with E-state index in [0.29, 0.717) is 48.7 Å². The number of nitrogens with zero attached hydrogens (tertiary/aromatic N) is 6. The van der Waals surface area contributed by atoms with E-state index in [1.165, 1.54) is 32.1 Å². The van der Waals surface area contributed by atoms with Crippen molar-refractivity contribution in [3.63, 3.8) is 0 Å². The highest BCUT2D eigenvalue weighted by atomic mass is 35.5. The van der Waals surface area contributed by atoms with Gasteiger partial charge in [-0.05, 0) is 80.5 Å². The van der Waals surface area contributed by atoms with Gasteiger partial charge in [-0.15, -0.1) is 0 Å². The molecule has 7 rings (SSSR count). The monoisotopic (exact) mass is 717 g/mol. The van der Waals surface area contributed by atoms with Crippen LogP contribution in [0.15, 0.2) is 42.9 Å². The molecule has 1 unspecified atom stereocenters. The third-order valence-electron chi connectivity index (χ3n) is 12.2. The average Bonchev–Trinajstić information content (AvgIpc) is 3.65. The lowest BCUT2D eigenvalue weighted by molar-refractivity contribution is -0.134. The number of piperazine rings is 1. The van der Waals surface area contributed by atoms with Crippen molar-refractivity contribution in [3.05, 3.63) is 53.4 Å². The zero-order valence-electron chi connectivity index (χ0n) is 30.1. The highest BCUT2D eigenvalue weighted by Gasteiger charge is 2.39. The molecule has 1 aliphatic carbocycles. The van der Waals surface area contributed by atoms with Crippen LogP contribution in [-0.4, -0.2) is 112 Å². The molecular formula is C39H56ClN9O2. The van der Waals surface area contributed by atoms with Crippen molar-refractivity contribution >= 4 is 40.3 Å². The summed E-state index contributed by atoms with van der Waals surface area (Å²) in [4.78, 5) is 48.3. The number of nitrogens with one attached hydrogen (secondary N) is 2. The van der Waals surface area contributed by atoms with Gasteiger partial charge in [-0.1, -0.05) is 43.0 Å². The van der Waals surface area contributed by atoms with Crippen LogP contribution in [0.4, 0.5) is 5.82 Å². The van der Waals surface area contributed by atoms with Crippen LogP contribution in [0.25, 0.3) is 11.0 Å². The lowest BCUT2D eigenvalue weighted by atomic mass is 9.86. The van der Waals surface area contributed by atoms with Crippen LogP contribution in [0.3, 0.4) is 0 Å². The molecule has 4 N–H and O–H groups in total. The van der Waals surface area contributed by atoms with E-state index in [2.05, 4.69) is 39.9 Å². The second kappa shape index (κ2) is 16.6. The van der Waals surface area contributed by atoms with Gasteiger partial charge in [-0.3, -0.25) is 9.59 Å². The largest absolute Gasteiger partial charge is 0.356 e. The molecule has 1 aromatic carbocycles. The third-order valence-corrected chi connectivity index (χ3v) is 12.4. The zero-order chi connectivity index (χ0) is 35.2. The molecule has 4 aliphatic rings. The number of H-pyrrole nitrogens is 1. The van der Waals surface area contributed by atoms with Gasteiger partial charge in [0.1, 0.15) is 17.8 Å². The van der Waals surface area contributed by atoms with Crippen molar-refractivity contribution in [2.75, 3.05) is 70.3 Å². The number of piperidine rings is 2. The molecule has 0 bridgehead atoms. The number of fused-ring (bicyclic) bond motifs is 1. The molecule has 4 fully saturated rings. The number of aromatic nitrogens is 3. The SMILES string of the molecule is NC1(C(=O)NC(CCN2CCN(CC3CCN(C(=O)CC4CCCCC4)CC3)CC2)c2ccc(Cl)cc2)CCN(c2ncnc3[nH]ccc23)CC1. The first kappa shape index (κ1) is 36.1. The molecular weight excluding hydrogens is 662 g/mol. The summed E-state index contributed by atoms with van der Waals surface area (Å²) in [6, 6.07) is 9.66. The number of likely N-dealkylation sites (tertiary alicyclic amines) is 1. The summed E-state index contributed by atoms with van der Waals surface area (Å²) >= 11 is 6.25. The minimum absolute atomic E-state index is 0.0943. The Morgan fingerprint density at radius 2 is 1.59 bits per heavy atom. The van der Waals surface area contributed by atoms with Gasteiger partial charge in [-0.25, -0.2) is 9.97 Å². The van der Waals surface area contributed by atoms with Crippen molar-refractivity contribution in [2.24, 2.45) is 17.6 Å². The Morgan fingerprint density at radius 3 is 2.31 bits per heavy atom. The minimum Gasteiger partial charge on any atom is -0.356 e. The van der Waals surface area contributed by atoms with E-state index < -0.39 is 5.54 Å². The van der Waals surface area contributed by atoms with Gasteiger partial charge in [0.25, 0.3) is 0 Å². The molecule has 5 heterocycles. The Balaban J connectivity index is 0.867. The molecule has 3 aromatic rings. The summed E-state index contributed by atoms with van der Waals surface area (Å²) in [6.45, 7) is 9.33. The number of halogens is 1. The van der Waals surface area contributed by atoms with Crippen molar-refractivity contribution in [2.45, 2.75) is 82.2 Å². The number of hydrogen-bond donors (Lipinski definition) is 3. The lowest BCUT2D eigenvalue weighted by Crippen LogP contribution is -2.60. The molecule has 51 heavy (non-hydrogen) atoms. The van der Waals surface area contributed by atoms with E-state index in [0.717, 1.165) is 100 Å². The van der Waals surface area contributed by atoms with Gasteiger partial charge in [0, 0.05) is 83.1 Å². The smallest absolute Gasteiger partial charge is 0.240 e. The zero-order valence-corrected chi connectivity index (χ0v) is 30.8. The molecule has 1 atom stereocenters. The van der Waals surface area contributed by atoms with Crippen LogP contribution in [-0.2, 0) is 9.59 Å². The van der Waals surface area contributed by atoms with Crippen molar-refractivity contribution in [1.29, 1.82) is 0 Å². The number of aromatic amines is 1. The van der Waals surface area contributed by atoms with Crippen LogP contribution >= 0.6 is 11.6 Å². The van der Waals surface area contributed by atoms with Gasteiger partial charge in [0.15, 0.2) is 0 Å². The number of rotatable bonds is 11. The number of nitrogens with two attached hydrogens (primary N) is 1. The Kier molecular flexibility index (Phi) is 11.8. The van der Waals surface area contributed by atoms with E-state index in [4.69, 9.17) is 17.3 Å². The standard InChI is InChI=1S/C39H56ClN9O2/c40-32-8-6-31(7-9-32)34(45-38(51)39(41)14-20-49(21-15-39)37-33-10-16-42-36(33)43-28-44-37)13-17-46-22-24-47(25-23-46)27-30-11-18-48(19-12-30)35(50)26-29-4-2-1-3-5-29/h6-10,16,28-30,34H,1-5,11-15,17-27,41H2,(H,45,51)(H,42,43,44). The molecule has 11 nitrogen and oxygen atoms in total. The number of hydrogen-bond acceptors (Lipinski definition) is 8. The maximum atomic E-state index is 13.9. The first-order chi connectivity index (χ1) is 24.8. The fourth-order valence-electron chi connectivity index (χ4n) is 8.78. The van der Waals surface area contributed by atoms with Gasteiger partial charge in [-0.2, -0.15) is 0 Å². The number of benzene rings is 1. The Morgan fingerprint density at radius 1 is 0.882 bits per heavy atom. The summed E-state index contributed by atoms with van der Waals surface area (Å²) < 4.78 is 0. The summed E-state index contributed by atoms with van der Waals surface area (Å²) in [5, 5.41) is 5.02. The maximum absolute atomic E-state index is 13.9. The summed E-state index contributed by atoms with van der Waals surface area (Å²) in [5.74, 6) is 2.47. The molecule has 12 heteroatoms. The topological polar surface area (TPSA) is 127 Å². The molecule has 0 spiro atoms. The number of carbonyl (C=O) groups is 2. The second-order valence-corrected chi connectivity index (χ2v) is 16.1. The highest BCUT2D eigenvalue weighted by Crippen LogP contribution is 2.31. The minimum atomic E-state index is -0.948. The van der Waals surface area contributed by atoms with Crippen LogP contribution in [0, 0.1) is 11.8 Å². The Hall–Kier alpha value is -3.25. The number of carbonyl (C=O) groups excluding carboxylic acids is 2. The predicted molar refractivity (Wildman–Crippen MR) is 203 cm³/mol. The van der Waals surface area contributed by atoms with Crippen LogP contribution < -0.4 is 16.0 Å². The van der Waals surface area contributed by atoms with Crippen LogP contribution in [0.5, 0.6) is 0 Å². The maximum Gasteiger partial charge on any atom is 0.240 e. The molecule has 3 aliphatic heterocycles. The van der Waals surface area contributed by atoms with Gasteiger partial charge >= 0.3 is 0 Å². The van der Waals surface area contributed by atoms with Gasteiger partial charge in [0.05, 0.1) is 17.0 Å². The summed E-state index contributed by atoms with van der Waals surface area (Å²) in [5.41, 5.74) is 7.75. The fraction of sp³-hybridized carbons (Fsp3) is 0.641. The average molecular weight is 718 g/mol. The van der Waals surface area contributed by atoms with E-state index in [-0.39, 0.29) is 11.9 Å². The summed E-state index contributed by atoms with van der Waals surface area (Å²) in [7, 11) is 0. The highest BCUT2D eigenvalue weighted by molar-refractivity contribution is 6.30. The Bertz CT molecular complexity index is 1590. The van der Waals surface area contributed by atoms with Crippen molar-refractivity contribution in [3.8, 4) is 0 Å². The molecule has 276 valence electrons. The lowest BCUT2D eigenvalue weighted by Gasteiger charge is -2.40. The third kappa shape index (κ3) is 9.04. The van der Waals surface area contributed by atoms with Gasteiger partial charge in [0.2, 0.25) is 11.8 Å².